The van der Waals surface area contributed by atoms with Crippen LogP contribution >= 0.6 is 0 Å². The van der Waals surface area contributed by atoms with Crippen LogP contribution < -0.4 is 18.5 Å². The van der Waals surface area contributed by atoms with Gasteiger partial charge in [-0.25, -0.2) is 8.42 Å². The highest BCUT2D eigenvalue weighted by Crippen LogP contribution is 2.34. The summed E-state index contributed by atoms with van der Waals surface area (Å²) in [7, 11) is -2.49. The molecule has 0 radical (unpaired) electrons. The molecule has 2 aliphatic rings. The smallest absolute Gasteiger partial charge is 0.264 e. The summed E-state index contributed by atoms with van der Waals surface area (Å²) in [5.74, 6) is 1.27. The Kier molecular flexibility index (Phi) is 6.22. The molecule has 31 heavy (non-hydrogen) atoms. The van der Waals surface area contributed by atoms with Crippen molar-refractivity contribution >= 4 is 21.6 Å². The van der Waals surface area contributed by atoms with Gasteiger partial charge in [-0.15, -0.1) is 0 Å². The molecule has 2 heterocycles. The number of carbonyl (C=O) groups excluding carboxylic acids is 1. The minimum absolute atomic E-state index is 0.0408. The molecular formula is C22H26N2O6S. The van der Waals surface area contributed by atoms with Gasteiger partial charge in [0.25, 0.3) is 10.0 Å². The van der Waals surface area contributed by atoms with Crippen molar-refractivity contribution in [1.82, 2.24) is 4.90 Å². The molecule has 2 aromatic rings. The molecule has 166 valence electrons. The molecule has 0 spiro atoms. The van der Waals surface area contributed by atoms with E-state index in [2.05, 4.69) is 0 Å². The van der Waals surface area contributed by atoms with Gasteiger partial charge < -0.3 is 19.1 Å². The molecule has 1 saturated heterocycles. The first-order valence-electron chi connectivity index (χ1n) is 10.3. The van der Waals surface area contributed by atoms with Crippen molar-refractivity contribution in [2.75, 3.05) is 44.3 Å². The summed E-state index contributed by atoms with van der Waals surface area (Å²) in [6, 6.07) is 11.1. The quantitative estimate of drug-likeness (QED) is 0.678. The van der Waals surface area contributed by atoms with Crippen LogP contribution in [0.5, 0.6) is 17.2 Å². The molecule has 4 rings (SSSR count). The lowest BCUT2D eigenvalue weighted by atomic mass is 10.1. The van der Waals surface area contributed by atoms with E-state index in [-0.39, 0.29) is 17.3 Å². The third-order valence-electron chi connectivity index (χ3n) is 5.45. The van der Waals surface area contributed by atoms with Crippen LogP contribution in [0.25, 0.3) is 0 Å². The SMILES string of the molecule is COc1ccc(N(CC(=O)N2CCCCC2)S(=O)(=O)c2ccc3c(c2)OCCO3)cc1. The Hall–Kier alpha value is -2.94. The van der Waals surface area contributed by atoms with E-state index in [0.717, 1.165) is 23.6 Å². The molecule has 0 bridgehead atoms. The van der Waals surface area contributed by atoms with Gasteiger partial charge in [-0.3, -0.25) is 9.10 Å². The molecule has 8 nitrogen and oxygen atoms in total. The zero-order valence-corrected chi connectivity index (χ0v) is 18.3. The zero-order chi connectivity index (χ0) is 21.8. The Morgan fingerprint density at radius 2 is 1.68 bits per heavy atom. The van der Waals surface area contributed by atoms with Gasteiger partial charge in [-0.05, 0) is 55.7 Å². The first-order chi connectivity index (χ1) is 15.0. The van der Waals surface area contributed by atoms with Crippen LogP contribution in [0.3, 0.4) is 0 Å². The number of ether oxygens (including phenoxy) is 3. The van der Waals surface area contributed by atoms with E-state index in [0.29, 0.717) is 49.2 Å². The molecule has 1 fully saturated rings. The van der Waals surface area contributed by atoms with Crippen LogP contribution in [0.2, 0.25) is 0 Å². The number of hydrogen-bond acceptors (Lipinski definition) is 6. The second-order valence-electron chi connectivity index (χ2n) is 7.46. The lowest BCUT2D eigenvalue weighted by molar-refractivity contribution is -0.130. The standard InChI is InChI=1S/C22H26N2O6S/c1-28-18-7-5-17(6-8-18)24(16-22(25)23-11-3-2-4-12-23)31(26,27)19-9-10-20-21(15-19)30-14-13-29-20/h5-10,15H,2-4,11-14,16H2,1H3. The molecule has 9 heteroatoms. The topological polar surface area (TPSA) is 85.4 Å². The highest BCUT2D eigenvalue weighted by molar-refractivity contribution is 7.92. The summed E-state index contributed by atoms with van der Waals surface area (Å²) in [5, 5.41) is 0. The van der Waals surface area contributed by atoms with E-state index in [9.17, 15) is 13.2 Å². The van der Waals surface area contributed by atoms with E-state index in [1.165, 1.54) is 12.1 Å². The maximum absolute atomic E-state index is 13.6. The van der Waals surface area contributed by atoms with Gasteiger partial charge in [0.1, 0.15) is 25.5 Å². The van der Waals surface area contributed by atoms with E-state index in [1.54, 1.807) is 42.3 Å². The number of sulfonamides is 1. The number of piperidine rings is 1. The first kappa shape index (κ1) is 21.3. The monoisotopic (exact) mass is 446 g/mol. The van der Waals surface area contributed by atoms with E-state index in [1.807, 2.05) is 0 Å². The van der Waals surface area contributed by atoms with Crippen molar-refractivity contribution in [3.8, 4) is 17.2 Å². The predicted octanol–water partition coefficient (Wildman–Crippen LogP) is 2.67. The summed E-state index contributed by atoms with van der Waals surface area (Å²) in [6.07, 6.45) is 2.95. The van der Waals surface area contributed by atoms with Crippen LogP contribution in [0, 0.1) is 0 Å². The average Bonchev–Trinajstić information content (AvgIpc) is 2.82. The van der Waals surface area contributed by atoms with Gasteiger partial charge in [0, 0.05) is 19.2 Å². The van der Waals surface area contributed by atoms with Crippen LogP contribution in [-0.4, -0.2) is 59.2 Å². The molecule has 0 N–H and O–H groups in total. The Bertz CT molecular complexity index is 1030. The van der Waals surface area contributed by atoms with Crippen LogP contribution in [0.15, 0.2) is 47.4 Å². The van der Waals surface area contributed by atoms with E-state index < -0.39 is 10.0 Å². The van der Waals surface area contributed by atoms with Gasteiger partial charge >= 0.3 is 0 Å². The summed E-state index contributed by atoms with van der Waals surface area (Å²) >= 11 is 0. The van der Waals surface area contributed by atoms with Crippen molar-refractivity contribution in [3.05, 3.63) is 42.5 Å². The maximum Gasteiger partial charge on any atom is 0.264 e. The summed E-state index contributed by atoms with van der Waals surface area (Å²) in [5.41, 5.74) is 0.390. The maximum atomic E-state index is 13.6. The third kappa shape index (κ3) is 4.56. The Morgan fingerprint density at radius 1 is 1.00 bits per heavy atom. The number of likely N-dealkylation sites (tertiary alicyclic amines) is 1. The lowest BCUT2D eigenvalue weighted by Gasteiger charge is -2.31. The zero-order valence-electron chi connectivity index (χ0n) is 17.5. The lowest BCUT2D eigenvalue weighted by Crippen LogP contribution is -2.44. The second kappa shape index (κ2) is 9.05. The number of methoxy groups -OCH3 is 1. The molecule has 1 amide bonds. The molecular weight excluding hydrogens is 420 g/mol. The number of amides is 1. The predicted molar refractivity (Wildman–Crippen MR) is 115 cm³/mol. The van der Waals surface area contributed by atoms with Gasteiger partial charge in [-0.1, -0.05) is 0 Å². The fourth-order valence-corrected chi connectivity index (χ4v) is 5.17. The summed E-state index contributed by atoms with van der Waals surface area (Å²) < 4.78 is 44.6. The number of benzene rings is 2. The molecule has 0 atom stereocenters. The molecule has 0 unspecified atom stereocenters. The highest BCUT2D eigenvalue weighted by Gasteiger charge is 2.30. The minimum atomic E-state index is -4.03. The van der Waals surface area contributed by atoms with Crippen molar-refractivity contribution < 1.29 is 27.4 Å². The fraction of sp³-hybridized carbons (Fsp3) is 0.409. The Morgan fingerprint density at radius 3 is 2.35 bits per heavy atom. The van der Waals surface area contributed by atoms with E-state index in [4.69, 9.17) is 14.2 Å². The minimum Gasteiger partial charge on any atom is -0.497 e. The number of anilines is 1. The van der Waals surface area contributed by atoms with E-state index >= 15 is 0 Å². The molecule has 0 aromatic heterocycles. The number of carbonyl (C=O) groups is 1. The fourth-order valence-electron chi connectivity index (χ4n) is 3.74. The third-order valence-corrected chi connectivity index (χ3v) is 7.22. The van der Waals surface area contributed by atoms with Gasteiger partial charge in [-0.2, -0.15) is 0 Å². The molecule has 0 saturated carbocycles. The van der Waals surface area contributed by atoms with Crippen LogP contribution in [-0.2, 0) is 14.8 Å². The van der Waals surface area contributed by atoms with Crippen molar-refractivity contribution in [3.63, 3.8) is 0 Å². The molecule has 2 aromatic carbocycles. The average molecular weight is 447 g/mol. The summed E-state index contributed by atoms with van der Waals surface area (Å²) in [4.78, 5) is 14.7. The Balaban J connectivity index is 1.68. The largest absolute Gasteiger partial charge is 0.497 e. The second-order valence-corrected chi connectivity index (χ2v) is 9.32. The van der Waals surface area contributed by atoms with Crippen molar-refractivity contribution in [2.24, 2.45) is 0 Å². The normalized spacial score (nSPS) is 16.0. The van der Waals surface area contributed by atoms with Crippen molar-refractivity contribution in [1.29, 1.82) is 0 Å². The van der Waals surface area contributed by atoms with Gasteiger partial charge in [0.2, 0.25) is 5.91 Å². The van der Waals surface area contributed by atoms with Gasteiger partial charge in [0.05, 0.1) is 17.7 Å². The summed E-state index contributed by atoms with van der Waals surface area (Å²) in [6.45, 7) is 1.80. The number of hydrogen-bond donors (Lipinski definition) is 0. The number of rotatable bonds is 6. The molecule has 0 aliphatic carbocycles. The van der Waals surface area contributed by atoms with Crippen LogP contribution in [0.1, 0.15) is 19.3 Å². The van der Waals surface area contributed by atoms with Crippen molar-refractivity contribution in [2.45, 2.75) is 24.2 Å². The highest BCUT2D eigenvalue weighted by atomic mass is 32.2. The number of nitrogens with zero attached hydrogens (tertiary/aromatic N) is 2. The molecule has 2 aliphatic heterocycles. The number of fused-ring (bicyclic) bond motifs is 1. The van der Waals surface area contributed by atoms with Gasteiger partial charge in [0.15, 0.2) is 11.5 Å². The Labute approximate surface area is 182 Å². The van der Waals surface area contributed by atoms with Crippen LogP contribution in [0.4, 0.5) is 5.69 Å². The first-order valence-corrected chi connectivity index (χ1v) is 11.8.